The molecule has 1 heterocycles. The lowest BCUT2D eigenvalue weighted by atomic mass is 10.1. The molecular weight excluding hydrogens is 234 g/mol. The average Bonchev–Trinajstić information content (AvgIpc) is 2.51. The van der Waals surface area contributed by atoms with E-state index in [1.807, 2.05) is 0 Å². The van der Waals surface area contributed by atoms with Gasteiger partial charge in [0, 0.05) is 37.4 Å². The predicted molar refractivity (Wildman–Crippen MR) is 82.9 cm³/mol. The molecule has 0 aliphatic carbocycles. The van der Waals surface area contributed by atoms with E-state index in [1.165, 1.54) is 17.7 Å². The molecule has 2 rings (SSSR count). The maximum atomic E-state index is 3.75. The summed E-state index contributed by atoms with van der Waals surface area (Å²) in [6, 6.07) is 9.85. The Bertz CT molecular complexity index is 403. The zero-order valence-electron chi connectivity index (χ0n) is 12.7. The molecule has 1 aromatic rings. The molecule has 1 aliphatic heterocycles. The van der Waals surface area contributed by atoms with Gasteiger partial charge in [0.05, 0.1) is 0 Å². The lowest BCUT2D eigenvalue weighted by Crippen LogP contribution is -2.46. The zero-order valence-corrected chi connectivity index (χ0v) is 12.7. The first-order valence-electron chi connectivity index (χ1n) is 7.27. The van der Waals surface area contributed by atoms with Crippen LogP contribution in [-0.2, 0) is 0 Å². The van der Waals surface area contributed by atoms with E-state index in [0.717, 1.165) is 19.6 Å². The Morgan fingerprint density at radius 2 is 2.05 bits per heavy atom. The summed E-state index contributed by atoms with van der Waals surface area (Å²) in [7, 11) is 4.30. The maximum Gasteiger partial charge on any atom is 0.0396 e. The third-order valence-corrected chi connectivity index (χ3v) is 3.83. The van der Waals surface area contributed by atoms with E-state index in [4.69, 9.17) is 0 Å². The first-order valence-corrected chi connectivity index (χ1v) is 7.27. The van der Waals surface area contributed by atoms with E-state index >= 15 is 0 Å². The minimum Gasteiger partial charge on any atom is -0.370 e. The highest BCUT2D eigenvalue weighted by molar-refractivity contribution is 5.53. The van der Waals surface area contributed by atoms with Gasteiger partial charge in [-0.15, -0.1) is 0 Å². The summed E-state index contributed by atoms with van der Waals surface area (Å²) in [6.45, 7) is 7.82. The number of hydrogen-bond acceptors (Lipinski definition) is 3. The summed E-state index contributed by atoms with van der Waals surface area (Å²) >= 11 is 0. The van der Waals surface area contributed by atoms with Gasteiger partial charge in [-0.1, -0.05) is 18.2 Å². The Kier molecular flexibility index (Phi) is 4.83. The Balaban J connectivity index is 2.14. The summed E-state index contributed by atoms with van der Waals surface area (Å²) in [5.41, 5.74) is 2.77. The predicted octanol–water partition coefficient (Wildman–Crippen LogP) is 2.11. The molecule has 0 radical (unpaired) electrons. The number of nitrogens with zero attached hydrogens (tertiary/aromatic N) is 2. The highest BCUT2D eigenvalue weighted by Crippen LogP contribution is 2.21. The molecule has 3 heteroatoms. The van der Waals surface area contributed by atoms with E-state index in [2.05, 4.69) is 67.3 Å². The van der Waals surface area contributed by atoms with Crippen molar-refractivity contribution in [3.8, 4) is 0 Å². The third kappa shape index (κ3) is 3.95. The number of benzene rings is 1. The Hall–Kier alpha value is -1.06. The van der Waals surface area contributed by atoms with Crippen LogP contribution in [0, 0.1) is 6.92 Å². The van der Waals surface area contributed by atoms with Gasteiger partial charge in [0.15, 0.2) is 0 Å². The van der Waals surface area contributed by atoms with Gasteiger partial charge in [-0.05, 0) is 46.0 Å². The van der Waals surface area contributed by atoms with E-state index in [9.17, 15) is 0 Å². The van der Waals surface area contributed by atoms with E-state index < -0.39 is 0 Å². The molecule has 0 bridgehead atoms. The fourth-order valence-corrected chi connectivity index (χ4v) is 2.93. The second-order valence-electron chi connectivity index (χ2n) is 6.05. The highest BCUT2D eigenvalue weighted by Gasteiger charge is 2.22. The number of hydrogen-bond donors (Lipinski definition) is 1. The van der Waals surface area contributed by atoms with Gasteiger partial charge in [0.1, 0.15) is 0 Å². The van der Waals surface area contributed by atoms with Gasteiger partial charge in [-0.3, -0.25) is 0 Å². The first-order chi connectivity index (χ1) is 9.06. The monoisotopic (exact) mass is 261 g/mol. The van der Waals surface area contributed by atoms with Gasteiger partial charge in [-0.2, -0.15) is 0 Å². The molecule has 106 valence electrons. The molecule has 1 aromatic carbocycles. The van der Waals surface area contributed by atoms with Gasteiger partial charge in [-0.25, -0.2) is 0 Å². The third-order valence-electron chi connectivity index (χ3n) is 3.83. The van der Waals surface area contributed by atoms with Crippen molar-refractivity contribution < 1.29 is 0 Å². The lowest BCUT2D eigenvalue weighted by Gasteiger charge is -2.29. The standard InChI is InChI=1S/C16H27N3/c1-13-7-5-6-8-16(13)19-10-9-14(2)17-15(12-19)11-18(3)4/h5-8,14-15,17H,9-12H2,1-4H3. The minimum absolute atomic E-state index is 0.534. The number of rotatable bonds is 3. The molecule has 1 N–H and O–H groups in total. The van der Waals surface area contributed by atoms with Crippen LogP contribution in [-0.4, -0.2) is 50.7 Å². The van der Waals surface area contributed by atoms with Crippen molar-refractivity contribution in [2.24, 2.45) is 0 Å². The molecule has 1 aliphatic rings. The van der Waals surface area contributed by atoms with E-state index in [0.29, 0.717) is 12.1 Å². The normalized spacial score (nSPS) is 24.6. The van der Waals surface area contributed by atoms with Crippen molar-refractivity contribution in [1.29, 1.82) is 0 Å². The van der Waals surface area contributed by atoms with Crippen LogP contribution >= 0.6 is 0 Å². The molecule has 2 atom stereocenters. The van der Waals surface area contributed by atoms with Crippen molar-refractivity contribution >= 4 is 5.69 Å². The summed E-state index contributed by atoms with van der Waals surface area (Å²) in [5, 5.41) is 3.75. The Labute approximate surface area is 117 Å². The Morgan fingerprint density at radius 3 is 2.74 bits per heavy atom. The van der Waals surface area contributed by atoms with Crippen molar-refractivity contribution in [2.75, 3.05) is 38.6 Å². The fraction of sp³-hybridized carbons (Fsp3) is 0.625. The molecule has 1 saturated heterocycles. The molecular formula is C16H27N3. The van der Waals surface area contributed by atoms with Gasteiger partial charge in [0.2, 0.25) is 0 Å². The molecule has 19 heavy (non-hydrogen) atoms. The SMILES string of the molecule is Cc1ccccc1N1CCC(C)NC(CN(C)C)C1. The molecule has 0 aromatic heterocycles. The topological polar surface area (TPSA) is 18.5 Å². The van der Waals surface area contributed by atoms with Crippen LogP contribution in [0.25, 0.3) is 0 Å². The van der Waals surface area contributed by atoms with Gasteiger partial charge < -0.3 is 15.1 Å². The van der Waals surface area contributed by atoms with Crippen LogP contribution in [0.1, 0.15) is 18.9 Å². The summed E-state index contributed by atoms with van der Waals surface area (Å²) in [6.07, 6.45) is 1.21. The maximum absolute atomic E-state index is 3.75. The second-order valence-corrected chi connectivity index (χ2v) is 6.05. The van der Waals surface area contributed by atoms with Crippen LogP contribution in [0.4, 0.5) is 5.69 Å². The summed E-state index contributed by atoms with van der Waals surface area (Å²) in [5.74, 6) is 0. The van der Waals surface area contributed by atoms with Crippen LogP contribution in [0.15, 0.2) is 24.3 Å². The van der Waals surface area contributed by atoms with Crippen molar-refractivity contribution in [3.05, 3.63) is 29.8 Å². The number of aryl methyl sites for hydroxylation is 1. The first kappa shape index (κ1) is 14.4. The molecule has 0 amide bonds. The molecule has 1 fully saturated rings. The number of anilines is 1. The quantitative estimate of drug-likeness (QED) is 0.899. The lowest BCUT2D eigenvalue weighted by molar-refractivity contribution is 0.330. The Morgan fingerprint density at radius 1 is 1.32 bits per heavy atom. The van der Waals surface area contributed by atoms with Crippen LogP contribution < -0.4 is 10.2 Å². The van der Waals surface area contributed by atoms with Gasteiger partial charge in [0.25, 0.3) is 0 Å². The second kappa shape index (κ2) is 6.40. The van der Waals surface area contributed by atoms with E-state index in [1.54, 1.807) is 0 Å². The number of nitrogens with one attached hydrogen (secondary N) is 1. The van der Waals surface area contributed by atoms with Crippen LogP contribution in [0.5, 0.6) is 0 Å². The molecule has 3 nitrogen and oxygen atoms in total. The summed E-state index contributed by atoms with van der Waals surface area (Å²) in [4.78, 5) is 4.81. The smallest absolute Gasteiger partial charge is 0.0396 e. The fourth-order valence-electron chi connectivity index (χ4n) is 2.93. The zero-order chi connectivity index (χ0) is 13.8. The van der Waals surface area contributed by atoms with Crippen molar-refractivity contribution in [1.82, 2.24) is 10.2 Å². The van der Waals surface area contributed by atoms with Gasteiger partial charge >= 0.3 is 0 Å². The molecule has 0 spiro atoms. The number of likely N-dealkylation sites (N-methyl/N-ethyl adjacent to an activating group) is 1. The number of para-hydroxylation sites is 1. The largest absolute Gasteiger partial charge is 0.370 e. The molecule has 2 unspecified atom stereocenters. The van der Waals surface area contributed by atoms with Crippen LogP contribution in [0.3, 0.4) is 0 Å². The summed E-state index contributed by atoms with van der Waals surface area (Å²) < 4.78 is 0. The van der Waals surface area contributed by atoms with Crippen molar-refractivity contribution in [2.45, 2.75) is 32.4 Å². The molecule has 0 saturated carbocycles. The van der Waals surface area contributed by atoms with Crippen molar-refractivity contribution in [3.63, 3.8) is 0 Å². The van der Waals surface area contributed by atoms with Crippen LogP contribution in [0.2, 0.25) is 0 Å². The van der Waals surface area contributed by atoms with E-state index in [-0.39, 0.29) is 0 Å². The highest BCUT2D eigenvalue weighted by atomic mass is 15.2. The minimum atomic E-state index is 0.534. The average molecular weight is 261 g/mol.